The van der Waals surface area contributed by atoms with Crippen molar-refractivity contribution < 1.29 is 18.7 Å². The minimum absolute atomic E-state index is 0.101. The number of furan rings is 1. The van der Waals surface area contributed by atoms with Gasteiger partial charge in [0, 0.05) is 4.47 Å². The number of rotatable bonds is 5. The molecule has 1 aromatic heterocycles. The van der Waals surface area contributed by atoms with Gasteiger partial charge in [-0.15, -0.1) is 0 Å². The molecule has 2 rings (SSSR count). The van der Waals surface area contributed by atoms with Crippen LogP contribution in [0.5, 0.6) is 11.5 Å². The molecular weight excluding hydrogens is 348 g/mol. The van der Waals surface area contributed by atoms with Crippen LogP contribution in [0.4, 0.5) is 0 Å². The second-order valence-electron chi connectivity index (χ2n) is 4.75. The van der Waals surface area contributed by atoms with E-state index in [-0.39, 0.29) is 5.78 Å². The zero-order valence-electron chi connectivity index (χ0n) is 12.9. The lowest BCUT2D eigenvalue weighted by atomic mass is 10.1. The fraction of sp³-hybridized carbons (Fsp3) is 0.235. The monoisotopic (exact) mass is 364 g/mol. The summed E-state index contributed by atoms with van der Waals surface area (Å²) in [6.45, 7) is 3.60. The molecule has 0 bridgehead atoms. The summed E-state index contributed by atoms with van der Waals surface area (Å²) >= 11 is 3.46. The van der Waals surface area contributed by atoms with E-state index in [0.717, 1.165) is 15.8 Å². The molecule has 0 radical (unpaired) electrons. The molecule has 2 aromatic rings. The maximum absolute atomic E-state index is 12.2. The van der Waals surface area contributed by atoms with Crippen LogP contribution in [0.2, 0.25) is 0 Å². The zero-order valence-corrected chi connectivity index (χ0v) is 14.5. The van der Waals surface area contributed by atoms with Crippen molar-refractivity contribution in [3.8, 4) is 11.5 Å². The topological polar surface area (TPSA) is 48.7 Å². The van der Waals surface area contributed by atoms with Gasteiger partial charge in [-0.2, -0.15) is 0 Å². The van der Waals surface area contributed by atoms with Crippen LogP contribution in [0.3, 0.4) is 0 Å². The van der Waals surface area contributed by atoms with Crippen molar-refractivity contribution in [1.82, 2.24) is 0 Å². The van der Waals surface area contributed by atoms with Gasteiger partial charge < -0.3 is 13.9 Å². The highest BCUT2D eigenvalue weighted by Gasteiger charge is 2.12. The van der Waals surface area contributed by atoms with Crippen molar-refractivity contribution in [3.05, 3.63) is 51.4 Å². The number of aryl methyl sites for hydroxylation is 2. The molecule has 0 spiro atoms. The van der Waals surface area contributed by atoms with Gasteiger partial charge in [-0.05, 0) is 49.8 Å². The van der Waals surface area contributed by atoms with Crippen LogP contribution in [0.25, 0.3) is 6.08 Å². The van der Waals surface area contributed by atoms with Gasteiger partial charge in [-0.3, -0.25) is 4.79 Å². The van der Waals surface area contributed by atoms with E-state index in [2.05, 4.69) is 15.9 Å². The number of carbonyl (C=O) groups is 1. The standard InChI is InChI=1S/C17H17BrO4/c1-10-7-13(11(2)22-10)15(19)6-5-12-8-16(20-3)17(21-4)9-14(12)18/h5-9H,1-4H3/b6-5+. The van der Waals surface area contributed by atoms with Crippen LogP contribution in [0, 0.1) is 13.8 Å². The Morgan fingerprint density at radius 2 is 1.77 bits per heavy atom. The molecule has 0 atom stereocenters. The van der Waals surface area contributed by atoms with Gasteiger partial charge in [-0.1, -0.05) is 15.9 Å². The molecule has 0 saturated carbocycles. The van der Waals surface area contributed by atoms with Crippen LogP contribution < -0.4 is 9.47 Å². The van der Waals surface area contributed by atoms with Crippen LogP contribution in [0.15, 0.2) is 33.2 Å². The smallest absolute Gasteiger partial charge is 0.189 e. The molecule has 22 heavy (non-hydrogen) atoms. The summed E-state index contributed by atoms with van der Waals surface area (Å²) in [4.78, 5) is 12.2. The molecular formula is C17H17BrO4. The minimum Gasteiger partial charge on any atom is -0.493 e. The van der Waals surface area contributed by atoms with Crippen LogP contribution in [-0.2, 0) is 0 Å². The number of ether oxygens (including phenoxy) is 2. The highest BCUT2D eigenvalue weighted by atomic mass is 79.9. The fourth-order valence-electron chi connectivity index (χ4n) is 2.13. The number of methoxy groups -OCH3 is 2. The van der Waals surface area contributed by atoms with Crippen LogP contribution in [-0.4, -0.2) is 20.0 Å². The van der Waals surface area contributed by atoms with E-state index in [1.807, 2.05) is 6.92 Å². The summed E-state index contributed by atoms with van der Waals surface area (Å²) < 4.78 is 16.7. The van der Waals surface area contributed by atoms with E-state index in [9.17, 15) is 4.79 Å². The van der Waals surface area contributed by atoms with E-state index < -0.39 is 0 Å². The number of allylic oxidation sites excluding steroid dienone is 1. The first kappa shape index (κ1) is 16.4. The lowest BCUT2D eigenvalue weighted by Gasteiger charge is -2.09. The molecule has 5 heteroatoms. The molecule has 0 aliphatic carbocycles. The second kappa shape index (κ2) is 6.83. The van der Waals surface area contributed by atoms with Crippen LogP contribution >= 0.6 is 15.9 Å². The molecule has 1 heterocycles. The number of ketones is 1. The van der Waals surface area contributed by atoms with Gasteiger partial charge in [-0.25, -0.2) is 0 Å². The molecule has 4 nitrogen and oxygen atoms in total. The van der Waals surface area contributed by atoms with Crippen molar-refractivity contribution in [3.63, 3.8) is 0 Å². The Bertz CT molecular complexity index is 729. The lowest BCUT2D eigenvalue weighted by molar-refractivity contribution is 0.104. The van der Waals surface area contributed by atoms with Gasteiger partial charge in [0.05, 0.1) is 19.8 Å². The molecule has 1 aromatic carbocycles. The second-order valence-corrected chi connectivity index (χ2v) is 5.61. The number of benzene rings is 1. The molecule has 0 saturated heterocycles. The third-order valence-corrected chi connectivity index (χ3v) is 3.91. The van der Waals surface area contributed by atoms with Crippen molar-refractivity contribution in [2.45, 2.75) is 13.8 Å². The molecule has 0 aliphatic rings. The highest BCUT2D eigenvalue weighted by Crippen LogP contribution is 2.34. The zero-order chi connectivity index (χ0) is 16.3. The molecule has 116 valence electrons. The summed E-state index contributed by atoms with van der Waals surface area (Å²) in [6, 6.07) is 5.35. The van der Waals surface area contributed by atoms with Gasteiger partial charge in [0.1, 0.15) is 11.5 Å². The first-order chi connectivity index (χ1) is 10.5. The first-order valence-electron chi connectivity index (χ1n) is 6.67. The first-order valence-corrected chi connectivity index (χ1v) is 7.46. The van der Waals surface area contributed by atoms with Crippen molar-refractivity contribution in [2.24, 2.45) is 0 Å². The minimum atomic E-state index is -0.101. The Balaban J connectivity index is 2.30. The maximum atomic E-state index is 12.2. The average Bonchev–Trinajstić information content (AvgIpc) is 2.84. The largest absolute Gasteiger partial charge is 0.493 e. The maximum Gasteiger partial charge on any atom is 0.189 e. The van der Waals surface area contributed by atoms with Gasteiger partial charge in [0.15, 0.2) is 17.3 Å². The molecule has 0 amide bonds. The Morgan fingerprint density at radius 1 is 1.14 bits per heavy atom. The fourth-order valence-corrected chi connectivity index (χ4v) is 2.58. The summed E-state index contributed by atoms with van der Waals surface area (Å²) in [5, 5.41) is 0. The van der Waals surface area contributed by atoms with E-state index >= 15 is 0 Å². The predicted molar refractivity (Wildman–Crippen MR) is 88.8 cm³/mol. The number of hydrogen-bond donors (Lipinski definition) is 0. The Labute approximate surface area is 137 Å². The molecule has 0 N–H and O–H groups in total. The quantitative estimate of drug-likeness (QED) is 0.575. The van der Waals surface area contributed by atoms with Crippen LogP contribution in [0.1, 0.15) is 27.4 Å². The molecule has 0 unspecified atom stereocenters. The van der Waals surface area contributed by atoms with E-state index in [1.54, 1.807) is 45.4 Å². The summed E-state index contributed by atoms with van der Waals surface area (Å²) in [6.07, 6.45) is 3.25. The molecule has 0 aliphatic heterocycles. The lowest BCUT2D eigenvalue weighted by Crippen LogP contribution is -1.95. The number of carbonyl (C=O) groups excluding carboxylic acids is 1. The Morgan fingerprint density at radius 3 is 2.32 bits per heavy atom. The summed E-state index contributed by atoms with van der Waals surface area (Å²) in [5.74, 6) is 2.48. The van der Waals surface area contributed by atoms with Crippen molar-refractivity contribution >= 4 is 27.8 Å². The number of halogens is 1. The average molecular weight is 365 g/mol. The van der Waals surface area contributed by atoms with E-state index in [1.165, 1.54) is 6.08 Å². The van der Waals surface area contributed by atoms with Gasteiger partial charge >= 0.3 is 0 Å². The SMILES string of the molecule is COc1cc(Br)c(/C=C/C(=O)c2cc(C)oc2C)cc1OC. The normalized spacial score (nSPS) is 11.0. The van der Waals surface area contributed by atoms with Crippen molar-refractivity contribution in [2.75, 3.05) is 14.2 Å². The van der Waals surface area contributed by atoms with Crippen molar-refractivity contribution in [1.29, 1.82) is 0 Å². The molecule has 0 fully saturated rings. The Hall–Kier alpha value is -2.01. The Kier molecular flexibility index (Phi) is 5.08. The highest BCUT2D eigenvalue weighted by molar-refractivity contribution is 9.10. The predicted octanol–water partition coefficient (Wildman–Crippen LogP) is 4.57. The van der Waals surface area contributed by atoms with E-state index in [0.29, 0.717) is 22.8 Å². The summed E-state index contributed by atoms with van der Waals surface area (Å²) in [5.41, 5.74) is 1.40. The van der Waals surface area contributed by atoms with Gasteiger partial charge in [0.2, 0.25) is 0 Å². The summed E-state index contributed by atoms with van der Waals surface area (Å²) in [7, 11) is 3.15. The third kappa shape index (κ3) is 3.42. The third-order valence-electron chi connectivity index (χ3n) is 3.22. The van der Waals surface area contributed by atoms with Gasteiger partial charge in [0.25, 0.3) is 0 Å². The van der Waals surface area contributed by atoms with E-state index in [4.69, 9.17) is 13.9 Å². The number of hydrogen-bond acceptors (Lipinski definition) is 4.